The van der Waals surface area contributed by atoms with Crippen molar-refractivity contribution in [3.05, 3.63) is 35.9 Å². The Morgan fingerprint density at radius 3 is 2.60 bits per heavy atom. The molecule has 0 bridgehead atoms. The summed E-state index contributed by atoms with van der Waals surface area (Å²) in [5.74, 6) is -0.546. The lowest BCUT2D eigenvalue weighted by Crippen LogP contribution is -2.39. The van der Waals surface area contributed by atoms with E-state index < -0.39 is 12.0 Å². The Balaban J connectivity index is 2.70. The Morgan fingerprint density at radius 1 is 1.30 bits per heavy atom. The van der Waals surface area contributed by atoms with Crippen molar-refractivity contribution >= 4 is 11.8 Å². The molecule has 2 N–H and O–H groups in total. The summed E-state index contributed by atoms with van der Waals surface area (Å²) < 4.78 is 4.88. The summed E-state index contributed by atoms with van der Waals surface area (Å²) in [5, 5.41) is 11.8. The summed E-state index contributed by atoms with van der Waals surface area (Å²) in [5.41, 5.74) is 0.554. The summed E-state index contributed by atoms with van der Waals surface area (Å²) in [7, 11) is 0. The van der Waals surface area contributed by atoms with E-state index in [9.17, 15) is 9.59 Å². The summed E-state index contributed by atoms with van der Waals surface area (Å²) >= 11 is 0. The molecular weight excluding hydrogens is 258 g/mol. The third-order valence-corrected chi connectivity index (χ3v) is 2.78. The van der Waals surface area contributed by atoms with E-state index in [1.165, 1.54) is 0 Å². The molecule has 0 spiro atoms. The number of ketones is 1. The van der Waals surface area contributed by atoms with Gasteiger partial charge in [0, 0.05) is 12.2 Å². The van der Waals surface area contributed by atoms with Gasteiger partial charge in [0.1, 0.15) is 0 Å². The van der Waals surface area contributed by atoms with Crippen molar-refractivity contribution in [3.8, 4) is 0 Å². The van der Waals surface area contributed by atoms with E-state index in [2.05, 4.69) is 5.32 Å². The number of hydrogen-bond donors (Lipinski definition) is 2. The molecule has 0 aliphatic heterocycles. The monoisotopic (exact) mass is 279 g/mol. The predicted molar refractivity (Wildman–Crippen MR) is 75.5 cm³/mol. The molecular formula is C15H21NO4. The zero-order valence-corrected chi connectivity index (χ0v) is 11.7. The van der Waals surface area contributed by atoms with Crippen molar-refractivity contribution in [3.63, 3.8) is 0 Å². The molecule has 0 aliphatic rings. The normalized spacial score (nSPS) is 11.9. The van der Waals surface area contributed by atoms with Crippen LogP contribution in [0.15, 0.2) is 30.3 Å². The first-order chi connectivity index (χ1) is 9.69. The van der Waals surface area contributed by atoms with Crippen LogP contribution in [0.3, 0.4) is 0 Å². The smallest absolute Gasteiger partial charge is 0.307 e. The number of hydrogen-bond acceptors (Lipinski definition) is 5. The molecule has 0 radical (unpaired) electrons. The van der Waals surface area contributed by atoms with Crippen LogP contribution in [0.4, 0.5) is 0 Å². The lowest BCUT2D eigenvalue weighted by atomic mass is 10.0. The quantitative estimate of drug-likeness (QED) is 0.403. The van der Waals surface area contributed by atoms with Crippen LogP contribution in [-0.4, -0.2) is 42.7 Å². The molecule has 0 heterocycles. The molecule has 0 aromatic heterocycles. The van der Waals surface area contributed by atoms with Crippen molar-refractivity contribution < 1.29 is 19.4 Å². The van der Waals surface area contributed by atoms with Gasteiger partial charge in [0.2, 0.25) is 0 Å². The number of ether oxygens (including phenoxy) is 1. The molecule has 1 unspecified atom stereocenters. The van der Waals surface area contributed by atoms with Crippen LogP contribution in [0.1, 0.15) is 30.1 Å². The van der Waals surface area contributed by atoms with Gasteiger partial charge >= 0.3 is 5.97 Å². The second kappa shape index (κ2) is 9.23. The highest BCUT2D eigenvalue weighted by Gasteiger charge is 2.22. The Hall–Kier alpha value is -1.72. The van der Waals surface area contributed by atoms with E-state index in [0.29, 0.717) is 25.1 Å². The van der Waals surface area contributed by atoms with Crippen molar-refractivity contribution in [1.29, 1.82) is 0 Å². The van der Waals surface area contributed by atoms with Gasteiger partial charge in [-0.05, 0) is 19.9 Å². The Bertz CT molecular complexity index is 419. The maximum Gasteiger partial charge on any atom is 0.307 e. The van der Waals surface area contributed by atoms with E-state index >= 15 is 0 Å². The minimum absolute atomic E-state index is 0.00695. The number of benzene rings is 1. The number of carbonyl (C=O) groups is 2. The first-order valence-corrected chi connectivity index (χ1v) is 6.78. The highest BCUT2D eigenvalue weighted by molar-refractivity contribution is 6.01. The third-order valence-electron chi connectivity index (χ3n) is 2.78. The van der Waals surface area contributed by atoms with Crippen LogP contribution < -0.4 is 5.32 Å². The van der Waals surface area contributed by atoms with Gasteiger partial charge in [-0.1, -0.05) is 30.3 Å². The highest BCUT2D eigenvalue weighted by Crippen LogP contribution is 2.07. The average molecular weight is 279 g/mol. The summed E-state index contributed by atoms with van der Waals surface area (Å²) in [6.07, 6.45) is 0.522. The molecule has 0 saturated heterocycles. The molecule has 1 atom stereocenters. The SMILES string of the molecule is CCOC(=O)CC(NCCCO)C(=O)c1ccccc1. The van der Waals surface area contributed by atoms with Crippen molar-refractivity contribution in [1.82, 2.24) is 5.32 Å². The van der Waals surface area contributed by atoms with Gasteiger partial charge in [-0.15, -0.1) is 0 Å². The summed E-state index contributed by atoms with van der Waals surface area (Å²) in [6.45, 7) is 2.53. The van der Waals surface area contributed by atoms with E-state index in [4.69, 9.17) is 9.84 Å². The van der Waals surface area contributed by atoms with Crippen molar-refractivity contribution in [2.75, 3.05) is 19.8 Å². The molecule has 1 aromatic carbocycles. The predicted octanol–water partition coefficient (Wildman–Crippen LogP) is 1.16. The molecule has 1 aromatic rings. The third kappa shape index (κ3) is 5.50. The van der Waals surface area contributed by atoms with Crippen LogP contribution in [-0.2, 0) is 9.53 Å². The van der Waals surface area contributed by atoms with Gasteiger partial charge in [-0.3, -0.25) is 9.59 Å². The molecule has 0 amide bonds. The molecule has 20 heavy (non-hydrogen) atoms. The molecule has 1 rings (SSSR count). The molecule has 5 nitrogen and oxygen atoms in total. The fourth-order valence-corrected chi connectivity index (χ4v) is 1.80. The number of esters is 1. The molecule has 5 heteroatoms. The second-order valence-corrected chi connectivity index (χ2v) is 4.32. The van der Waals surface area contributed by atoms with Gasteiger partial charge in [0.05, 0.1) is 19.1 Å². The first-order valence-electron chi connectivity index (χ1n) is 6.78. The first kappa shape index (κ1) is 16.3. The molecule has 0 fully saturated rings. The fraction of sp³-hybridized carbons (Fsp3) is 0.467. The van der Waals surface area contributed by atoms with Crippen LogP contribution in [0, 0.1) is 0 Å². The number of rotatable bonds is 9. The maximum atomic E-state index is 12.3. The van der Waals surface area contributed by atoms with Crippen molar-refractivity contribution in [2.24, 2.45) is 0 Å². The molecule has 110 valence electrons. The van der Waals surface area contributed by atoms with Crippen LogP contribution in [0.2, 0.25) is 0 Å². The Kier molecular flexibility index (Phi) is 7.54. The minimum atomic E-state index is -0.622. The van der Waals surface area contributed by atoms with E-state index in [1.54, 1.807) is 31.2 Å². The minimum Gasteiger partial charge on any atom is -0.466 e. The lowest BCUT2D eigenvalue weighted by molar-refractivity contribution is -0.143. The van der Waals surface area contributed by atoms with Gasteiger partial charge in [-0.2, -0.15) is 0 Å². The summed E-state index contributed by atoms with van der Waals surface area (Å²) in [6, 6.07) is 8.20. The second-order valence-electron chi connectivity index (χ2n) is 4.32. The number of aliphatic hydroxyl groups excluding tert-OH is 1. The van der Waals surface area contributed by atoms with E-state index in [0.717, 1.165) is 0 Å². The molecule has 0 aliphatic carbocycles. The number of nitrogens with one attached hydrogen (secondary N) is 1. The van der Waals surface area contributed by atoms with E-state index in [1.807, 2.05) is 6.07 Å². The van der Waals surface area contributed by atoms with E-state index in [-0.39, 0.29) is 18.8 Å². The lowest BCUT2D eigenvalue weighted by Gasteiger charge is -2.16. The van der Waals surface area contributed by atoms with Gasteiger partial charge < -0.3 is 15.2 Å². The number of aliphatic hydroxyl groups is 1. The van der Waals surface area contributed by atoms with Crippen LogP contribution >= 0.6 is 0 Å². The van der Waals surface area contributed by atoms with Crippen LogP contribution in [0.25, 0.3) is 0 Å². The highest BCUT2D eigenvalue weighted by atomic mass is 16.5. The maximum absolute atomic E-state index is 12.3. The zero-order valence-electron chi connectivity index (χ0n) is 11.7. The largest absolute Gasteiger partial charge is 0.466 e. The van der Waals surface area contributed by atoms with Gasteiger partial charge in [-0.25, -0.2) is 0 Å². The summed E-state index contributed by atoms with van der Waals surface area (Å²) in [4.78, 5) is 23.9. The topological polar surface area (TPSA) is 75.6 Å². The standard InChI is InChI=1S/C15H21NO4/c1-2-20-14(18)11-13(16-9-6-10-17)15(19)12-7-4-3-5-8-12/h3-5,7-8,13,16-17H,2,6,9-11H2,1H3. The van der Waals surface area contributed by atoms with Crippen molar-refractivity contribution in [2.45, 2.75) is 25.8 Å². The zero-order chi connectivity index (χ0) is 14.8. The Labute approximate surface area is 118 Å². The number of carbonyl (C=O) groups excluding carboxylic acids is 2. The van der Waals surface area contributed by atoms with Gasteiger partial charge in [0.25, 0.3) is 0 Å². The number of Topliss-reactive ketones (excluding diaryl/α,β-unsaturated/α-hetero) is 1. The van der Waals surface area contributed by atoms with Crippen LogP contribution in [0.5, 0.6) is 0 Å². The fourth-order valence-electron chi connectivity index (χ4n) is 1.80. The Morgan fingerprint density at radius 2 is 2.00 bits per heavy atom. The average Bonchev–Trinajstić information content (AvgIpc) is 2.47. The van der Waals surface area contributed by atoms with Gasteiger partial charge in [0.15, 0.2) is 5.78 Å². The molecule has 0 saturated carbocycles.